The molecule has 0 aliphatic carbocycles. The molecule has 0 aromatic heterocycles. The van der Waals surface area contributed by atoms with Crippen molar-refractivity contribution in [2.45, 2.75) is 37.9 Å². The lowest BCUT2D eigenvalue weighted by atomic mass is 10.0. The number of rotatable bonds is 1. The molecule has 1 nitrogen and oxygen atoms in total. The van der Waals surface area contributed by atoms with Crippen LogP contribution in [-0.2, 0) is 4.74 Å². The van der Waals surface area contributed by atoms with Crippen molar-refractivity contribution < 1.29 is 4.74 Å². The van der Waals surface area contributed by atoms with Crippen LogP contribution in [0, 0.1) is 24.7 Å². The minimum Gasteiger partial charge on any atom is -0.358 e. The fourth-order valence-electron chi connectivity index (χ4n) is 1.30. The monoisotopic (exact) mass is 148 g/mol. The van der Waals surface area contributed by atoms with Crippen molar-refractivity contribution in [2.24, 2.45) is 0 Å². The van der Waals surface area contributed by atoms with Crippen molar-refractivity contribution >= 4 is 0 Å². The van der Waals surface area contributed by atoms with E-state index in [2.05, 4.69) is 11.8 Å². The molecule has 0 spiro atoms. The minimum atomic E-state index is -0.360. The number of hydrogen-bond donors (Lipinski definition) is 0. The van der Waals surface area contributed by atoms with E-state index >= 15 is 0 Å². The van der Waals surface area contributed by atoms with Crippen LogP contribution >= 0.6 is 0 Å². The van der Waals surface area contributed by atoms with Crippen LogP contribution in [0.25, 0.3) is 0 Å². The summed E-state index contributed by atoms with van der Waals surface area (Å²) in [5, 5.41) is 0. The Hall–Kier alpha value is -0.920. The lowest BCUT2D eigenvalue weighted by molar-refractivity contribution is 0.0143. The molecule has 0 amide bonds. The molecule has 11 heavy (non-hydrogen) atoms. The topological polar surface area (TPSA) is 9.23 Å². The van der Waals surface area contributed by atoms with Gasteiger partial charge in [0.1, 0.15) is 5.60 Å². The Morgan fingerprint density at radius 1 is 1.64 bits per heavy atom. The van der Waals surface area contributed by atoms with Gasteiger partial charge in [-0.25, -0.2) is 0 Å². The molecule has 1 rings (SSSR count). The van der Waals surface area contributed by atoms with E-state index in [-0.39, 0.29) is 11.7 Å². The average Bonchev–Trinajstić information content (AvgIpc) is 2.35. The van der Waals surface area contributed by atoms with Gasteiger partial charge in [0.2, 0.25) is 0 Å². The molecule has 1 aliphatic heterocycles. The molecular formula is C10H12O. The van der Waals surface area contributed by atoms with Gasteiger partial charge < -0.3 is 4.74 Å². The summed E-state index contributed by atoms with van der Waals surface area (Å²) in [4.78, 5) is 0. The molecule has 1 heteroatoms. The summed E-state index contributed by atoms with van der Waals surface area (Å²) < 4.78 is 5.56. The third-order valence-corrected chi connectivity index (χ3v) is 2.02. The van der Waals surface area contributed by atoms with E-state index < -0.39 is 0 Å². The molecule has 0 unspecified atom stereocenters. The first kappa shape index (κ1) is 8.18. The molecule has 1 fully saturated rings. The molecule has 1 saturated heterocycles. The third kappa shape index (κ3) is 1.76. The normalized spacial score (nSPS) is 36.1. The maximum absolute atomic E-state index is 5.56. The highest BCUT2D eigenvalue weighted by Gasteiger charge is 2.33. The van der Waals surface area contributed by atoms with Crippen LogP contribution in [-0.4, -0.2) is 11.7 Å². The van der Waals surface area contributed by atoms with Crippen LogP contribution < -0.4 is 0 Å². The van der Waals surface area contributed by atoms with Crippen LogP contribution in [0.1, 0.15) is 26.2 Å². The fourth-order valence-corrected chi connectivity index (χ4v) is 1.30. The van der Waals surface area contributed by atoms with Gasteiger partial charge in [-0.05, 0) is 19.8 Å². The largest absolute Gasteiger partial charge is 0.358 e. The van der Waals surface area contributed by atoms with E-state index in [0.29, 0.717) is 6.42 Å². The smallest absolute Gasteiger partial charge is 0.126 e. The van der Waals surface area contributed by atoms with Crippen molar-refractivity contribution in [3.8, 4) is 24.7 Å². The maximum atomic E-state index is 5.56. The van der Waals surface area contributed by atoms with Gasteiger partial charge in [0.15, 0.2) is 0 Å². The Labute approximate surface area is 68.1 Å². The van der Waals surface area contributed by atoms with Gasteiger partial charge in [0.05, 0.1) is 6.10 Å². The highest BCUT2D eigenvalue weighted by atomic mass is 16.5. The SMILES string of the molecule is C#CC[C@@H]1CC[C@](C)(C#C)O1. The quantitative estimate of drug-likeness (QED) is 0.513. The molecule has 1 aliphatic rings. The van der Waals surface area contributed by atoms with Crippen molar-refractivity contribution in [3.05, 3.63) is 0 Å². The average molecular weight is 148 g/mol. The summed E-state index contributed by atoms with van der Waals surface area (Å²) in [5.41, 5.74) is -0.360. The molecule has 0 aromatic carbocycles. The zero-order valence-electron chi connectivity index (χ0n) is 6.76. The Morgan fingerprint density at radius 2 is 2.36 bits per heavy atom. The standard InChI is InChI=1S/C10H12O/c1-4-6-9-7-8-10(3,5-2)11-9/h1-2,9H,6-8H2,3H3/t9-,10+/m1/s1. The molecule has 58 valence electrons. The first-order chi connectivity index (χ1) is 5.20. The summed E-state index contributed by atoms with van der Waals surface area (Å²) in [6.07, 6.45) is 13.2. The highest BCUT2D eigenvalue weighted by molar-refractivity contribution is 5.09. The van der Waals surface area contributed by atoms with E-state index in [1.807, 2.05) is 6.92 Å². The van der Waals surface area contributed by atoms with Crippen LogP contribution in [0.3, 0.4) is 0 Å². The van der Waals surface area contributed by atoms with E-state index in [9.17, 15) is 0 Å². The fraction of sp³-hybridized carbons (Fsp3) is 0.600. The molecule has 0 radical (unpaired) electrons. The predicted octanol–water partition coefficient (Wildman–Crippen LogP) is 1.58. The summed E-state index contributed by atoms with van der Waals surface area (Å²) in [5.74, 6) is 5.22. The van der Waals surface area contributed by atoms with Gasteiger partial charge in [0, 0.05) is 6.42 Å². The van der Waals surface area contributed by atoms with Gasteiger partial charge in [0.25, 0.3) is 0 Å². The van der Waals surface area contributed by atoms with E-state index in [4.69, 9.17) is 17.6 Å². The number of ether oxygens (including phenoxy) is 1. The molecule has 0 bridgehead atoms. The minimum absolute atomic E-state index is 0.182. The van der Waals surface area contributed by atoms with Gasteiger partial charge in [-0.1, -0.05) is 5.92 Å². The molecule has 0 aromatic rings. The second kappa shape index (κ2) is 2.99. The summed E-state index contributed by atoms with van der Waals surface area (Å²) in [7, 11) is 0. The van der Waals surface area contributed by atoms with Crippen LogP contribution in [0.2, 0.25) is 0 Å². The second-order valence-electron chi connectivity index (χ2n) is 3.06. The first-order valence-corrected chi connectivity index (χ1v) is 3.79. The van der Waals surface area contributed by atoms with Gasteiger partial charge >= 0.3 is 0 Å². The van der Waals surface area contributed by atoms with Gasteiger partial charge in [-0.3, -0.25) is 0 Å². The van der Waals surface area contributed by atoms with E-state index in [0.717, 1.165) is 12.8 Å². The third-order valence-electron chi connectivity index (χ3n) is 2.02. The molecule has 0 N–H and O–H groups in total. The lowest BCUT2D eigenvalue weighted by Crippen LogP contribution is -2.22. The van der Waals surface area contributed by atoms with Crippen molar-refractivity contribution in [1.29, 1.82) is 0 Å². The highest BCUT2D eigenvalue weighted by Crippen LogP contribution is 2.30. The van der Waals surface area contributed by atoms with Gasteiger partial charge in [-0.15, -0.1) is 18.8 Å². The van der Waals surface area contributed by atoms with Crippen LogP contribution in [0.15, 0.2) is 0 Å². The molecule has 2 atom stereocenters. The zero-order chi connectivity index (χ0) is 8.32. The second-order valence-corrected chi connectivity index (χ2v) is 3.06. The van der Waals surface area contributed by atoms with E-state index in [1.54, 1.807) is 0 Å². The van der Waals surface area contributed by atoms with Crippen molar-refractivity contribution in [2.75, 3.05) is 0 Å². The summed E-state index contributed by atoms with van der Waals surface area (Å²) in [6, 6.07) is 0. The predicted molar refractivity (Wildman–Crippen MR) is 44.8 cm³/mol. The summed E-state index contributed by atoms with van der Waals surface area (Å²) in [6.45, 7) is 1.93. The van der Waals surface area contributed by atoms with Crippen molar-refractivity contribution in [3.63, 3.8) is 0 Å². The number of hydrogen-bond acceptors (Lipinski definition) is 1. The van der Waals surface area contributed by atoms with Gasteiger partial charge in [-0.2, -0.15) is 0 Å². The molecular weight excluding hydrogens is 136 g/mol. The maximum Gasteiger partial charge on any atom is 0.126 e. The molecule has 1 heterocycles. The number of terminal acetylenes is 2. The Morgan fingerprint density at radius 3 is 2.82 bits per heavy atom. The summed E-state index contributed by atoms with van der Waals surface area (Å²) >= 11 is 0. The van der Waals surface area contributed by atoms with Crippen LogP contribution in [0.5, 0.6) is 0 Å². The van der Waals surface area contributed by atoms with Crippen molar-refractivity contribution in [1.82, 2.24) is 0 Å². The Bertz CT molecular complexity index is 218. The Kier molecular flexibility index (Phi) is 2.22. The van der Waals surface area contributed by atoms with E-state index in [1.165, 1.54) is 0 Å². The molecule has 0 saturated carbocycles. The first-order valence-electron chi connectivity index (χ1n) is 3.79. The Balaban J connectivity index is 2.49. The lowest BCUT2D eigenvalue weighted by Gasteiger charge is -2.16. The zero-order valence-corrected chi connectivity index (χ0v) is 6.76. The van der Waals surface area contributed by atoms with Crippen LogP contribution in [0.4, 0.5) is 0 Å².